The van der Waals surface area contributed by atoms with Gasteiger partial charge in [-0.2, -0.15) is 0 Å². The molecule has 6 nitrogen and oxygen atoms in total. The van der Waals surface area contributed by atoms with Gasteiger partial charge in [-0.3, -0.25) is 0 Å². The van der Waals surface area contributed by atoms with Gasteiger partial charge in [0, 0.05) is 31.3 Å². The molecule has 2 fully saturated rings. The maximum atomic E-state index is 12.0. The molecule has 22 heavy (non-hydrogen) atoms. The molecule has 2 N–H and O–H groups in total. The van der Waals surface area contributed by atoms with Gasteiger partial charge in [0.25, 0.3) is 0 Å². The summed E-state index contributed by atoms with van der Waals surface area (Å²) in [6.45, 7) is 4.42. The first-order valence-corrected chi connectivity index (χ1v) is 7.33. The summed E-state index contributed by atoms with van der Waals surface area (Å²) in [4.78, 5) is 23.2. The van der Waals surface area contributed by atoms with Gasteiger partial charge in [-0.1, -0.05) is 18.2 Å². The summed E-state index contributed by atoms with van der Waals surface area (Å²) in [5.41, 5.74) is -1.93. The molecule has 2 saturated carbocycles. The number of carbonyl (C=O) groups is 2. The summed E-state index contributed by atoms with van der Waals surface area (Å²) in [6.07, 6.45) is 3.66. The number of ether oxygens (including phenoxy) is 2. The smallest absolute Gasteiger partial charge is 0.344 e. The molecule has 0 aliphatic heterocycles. The van der Waals surface area contributed by atoms with Crippen molar-refractivity contribution < 1.29 is 29.3 Å². The molecule has 6 heteroatoms. The maximum absolute atomic E-state index is 12.0. The molecule has 4 rings (SSSR count). The average Bonchev–Trinajstić information content (AvgIpc) is 2.30. The second-order valence-corrected chi connectivity index (χ2v) is 7.03. The predicted molar refractivity (Wildman–Crippen MR) is 75.7 cm³/mol. The molecule has 4 aliphatic carbocycles. The van der Waals surface area contributed by atoms with Crippen molar-refractivity contribution in [2.75, 3.05) is 6.61 Å². The van der Waals surface area contributed by atoms with Crippen LogP contribution in [0.15, 0.2) is 23.8 Å². The van der Waals surface area contributed by atoms with E-state index in [0.29, 0.717) is 19.3 Å². The predicted octanol–water partition coefficient (Wildman–Crippen LogP) is 0.768. The maximum Gasteiger partial charge on any atom is 0.344 e. The van der Waals surface area contributed by atoms with Gasteiger partial charge < -0.3 is 19.7 Å². The van der Waals surface area contributed by atoms with Gasteiger partial charge in [-0.05, 0) is 13.3 Å². The number of hydrogen-bond acceptors (Lipinski definition) is 6. The number of esters is 2. The largest absolute Gasteiger partial charge is 0.456 e. The Morgan fingerprint density at radius 1 is 1.27 bits per heavy atom. The Hall–Kier alpha value is -1.66. The van der Waals surface area contributed by atoms with Gasteiger partial charge in [0.15, 0.2) is 6.61 Å². The summed E-state index contributed by atoms with van der Waals surface area (Å²) in [7, 11) is 0. The van der Waals surface area contributed by atoms with Crippen molar-refractivity contribution in [1.29, 1.82) is 0 Å². The summed E-state index contributed by atoms with van der Waals surface area (Å²) >= 11 is 0. The molecular formula is C16H20O6. The minimum Gasteiger partial charge on any atom is -0.456 e. The first-order chi connectivity index (χ1) is 10.1. The van der Waals surface area contributed by atoms with E-state index in [2.05, 4.69) is 6.58 Å². The quantitative estimate of drug-likeness (QED) is 0.453. The van der Waals surface area contributed by atoms with Gasteiger partial charge in [0.1, 0.15) is 5.60 Å². The summed E-state index contributed by atoms with van der Waals surface area (Å²) < 4.78 is 10.3. The highest BCUT2D eigenvalue weighted by atomic mass is 16.6. The Morgan fingerprint density at radius 3 is 2.59 bits per heavy atom. The van der Waals surface area contributed by atoms with Gasteiger partial charge in [0.05, 0.1) is 11.2 Å². The molecule has 0 saturated heterocycles. The van der Waals surface area contributed by atoms with E-state index in [-0.39, 0.29) is 18.4 Å². The van der Waals surface area contributed by atoms with Crippen LogP contribution in [0.4, 0.5) is 0 Å². The Bertz CT molecular complexity index is 593. The molecule has 0 aromatic heterocycles. The molecular weight excluding hydrogens is 288 g/mol. The van der Waals surface area contributed by atoms with Gasteiger partial charge >= 0.3 is 11.9 Å². The molecule has 0 aromatic rings. The fourth-order valence-corrected chi connectivity index (χ4v) is 4.27. The van der Waals surface area contributed by atoms with E-state index in [1.807, 2.05) is 0 Å². The van der Waals surface area contributed by atoms with Crippen molar-refractivity contribution in [2.45, 2.75) is 55.8 Å². The molecule has 0 spiro atoms. The van der Waals surface area contributed by atoms with Crippen molar-refractivity contribution >= 4 is 11.9 Å². The third-order valence-corrected chi connectivity index (χ3v) is 4.49. The highest BCUT2D eigenvalue weighted by molar-refractivity contribution is 5.88. The number of hydrogen-bond donors (Lipinski definition) is 2. The van der Waals surface area contributed by atoms with Gasteiger partial charge in [-0.15, -0.1) is 0 Å². The molecule has 4 aliphatic rings. The van der Waals surface area contributed by atoms with Gasteiger partial charge in [0.2, 0.25) is 0 Å². The van der Waals surface area contributed by atoms with E-state index in [0.717, 1.165) is 5.57 Å². The lowest BCUT2D eigenvalue weighted by molar-refractivity contribution is -0.212. The van der Waals surface area contributed by atoms with Crippen molar-refractivity contribution in [3.8, 4) is 0 Å². The third-order valence-electron chi connectivity index (χ3n) is 4.49. The minimum absolute atomic E-state index is 0.205. The molecule has 3 unspecified atom stereocenters. The lowest BCUT2D eigenvalue weighted by Crippen LogP contribution is -2.63. The van der Waals surface area contributed by atoms with Crippen molar-refractivity contribution in [2.24, 2.45) is 0 Å². The monoisotopic (exact) mass is 308 g/mol. The molecule has 0 heterocycles. The van der Waals surface area contributed by atoms with Crippen LogP contribution in [0, 0.1) is 0 Å². The SMILES string of the molecule is C=C(C)C(=O)OCC(=O)OC12CC3=CC(O)(CC(O)(C3)C1)C2. The summed E-state index contributed by atoms with van der Waals surface area (Å²) in [6, 6.07) is 0. The van der Waals surface area contributed by atoms with Crippen LogP contribution < -0.4 is 0 Å². The van der Waals surface area contributed by atoms with Crippen LogP contribution >= 0.6 is 0 Å². The highest BCUT2D eigenvalue weighted by Gasteiger charge is 2.61. The van der Waals surface area contributed by atoms with Crippen molar-refractivity contribution in [3.05, 3.63) is 23.8 Å². The van der Waals surface area contributed by atoms with E-state index in [1.165, 1.54) is 6.92 Å². The van der Waals surface area contributed by atoms with Crippen LogP contribution in [0.3, 0.4) is 0 Å². The zero-order valence-corrected chi connectivity index (χ0v) is 12.6. The molecule has 3 atom stereocenters. The van der Waals surface area contributed by atoms with Gasteiger partial charge in [-0.25, -0.2) is 9.59 Å². The van der Waals surface area contributed by atoms with E-state index in [4.69, 9.17) is 9.47 Å². The van der Waals surface area contributed by atoms with Crippen LogP contribution in [-0.2, 0) is 19.1 Å². The van der Waals surface area contributed by atoms with Crippen molar-refractivity contribution in [1.82, 2.24) is 0 Å². The van der Waals surface area contributed by atoms with Crippen LogP contribution in [-0.4, -0.2) is 45.6 Å². The fourth-order valence-electron chi connectivity index (χ4n) is 4.27. The topological polar surface area (TPSA) is 93.1 Å². The van der Waals surface area contributed by atoms with E-state index in [1.54, 1.807) is 6.08 Å². The fraction of sp³-hybridized carbons (Fsp3) is 0.625. The second kappa shape index (κ2) is 4.67. The number of rotatable bonds is 4. The third kappa shape index (κ3) is 2.68. The van der Waals surface area contributed by atoms with E-state index < -0.39 is 35.3 Å². The lowest BCUT2D eigenvalue weighted by Gasteiger charge is -2.58. The first kappa shape index (κ1) is 15.2. The van der Waals surface area contributed by atoms with Crippen LogP contribution in [0.5, 0.6) is 0 Å². The summed E-state index contributed by atoms with van der Waals surface area (Å²) in [5.74, 6) is -1.33. The van der Waals surface area contributed by atoms with Crippen LogP contribution in [0.1, 0.15) is 39.0 Å². The zero-order chi connectivity index (χ0) is 16.2. The standard InChI is InChI=1S/C16H20O6/c1-10(2)13(18)21-6-12(17)22-16-5-11-3-14(19,8-16)7-15(20,4-11)9-16/h3,19-20H,1,4-9H2,2H3. The Labute approximate surface area is 128 Å². The summed E-state index contributed by atoms with van der Waals surface area (Å²) in [5, 5.41) is 21.1. The molecule has 4 bridgehead atoms. The average molecular weight is 308 g/mol. The number of carbonyl (C=O) groups excluding carboxylic acids is 2. The Morgan fingerprint density at radius 2 is 2.00 bits per heavy atom. The second-order valence-electron chi connectivity index (χ2n) is 7.03. The molecule has 0 aromatic carbocycles. The molecule has 0 radical (unpaired) electrons. The first-order valence-electron chi connectivity index (χ1n) is 7.33. The van der Waals surface area contributed by atoms with E-state index >= 15 is 0 Å². The van der Waals surface area contributed by atoms with Crippen molar-refractivity contribution in [3.63, 3.8) is 0 Å². The number of aliphatic hydroxyl groups is 2. The lowest BCUT2D eigenvalue weighted by atomic mass is 9.55. The Kier molecular flexibility index (Phi) is 3.23. The Balaban J connectivity index is 1.68. The van der Waals surface area contributed by atoms with Crippen LogP contribution in [0.2, 0.25) is 0 Å². The van der Waals surface area contributed by atoms with Crippen LogP contribution in [0.25, 0.3) is 0 Å². The minimum atomic E-state index is -1.12. The van der Waals surface area contributed by atoms with E-state index in [9.17, 15) is 19.8 Å². The normalized spacial score (nSPS) is 38.4. The highest BCUT2D eigenvalue weighted by Crippen LogP contribution is 2.57. The zero-order valence-electron chi connectivity index (χ0n) is 12.6. The molecule has 120 valence electrons. The molecule has 0 amide bonds.